The van der Waals surface area contributed by atoms with Crippen molar-refractivity contribution in [2.24, 2.45) is 5.73 Å². The van der Waals surface area contributed by atoms with E-state index in [2.05, 4.69) is 25.5 Å². The van der Waals surface area contributed by atoms with E-state index in [0.29, 0.717) is 20.9 Å². The van der Waals surface area contributed by atoms with Gasteiger partial charge in [-0.25, -0.2) is 4.98 Å². The molecule has 0 spiro atoms. The number of benzene rings is 1. The first-order valence-corrected chi connectivity index (χ1v) is 7.49. The van der Waals surface area contributed by atoms with Crippen LogP contribution in [0.25, 0.3) is 21.1 Å². The summed E-state index contributed by atoms with van der Waals surface area (Å²) in [5.74, 6) is 0.152. The number of hydrogen-bond acceptors (Lipinski definition) is 7. The first-order chi connectivity index (χ1) is 11.1. The van der Waals surface area contributed by atoms with Crippen LogP contribution in [0.3, 0.4) is 0 Å². The van der Waals surface area contributed by atoms with Gasteiger partial charge in [-0.05, 0) is 24.3 Å². The van der Waals surface area contributed by atoms with Crippen LogP contribution >= 0.6 is 11.3 Å². The van der Waals surface area contributed by atoms with Gasteiger partial charge in [-0.1, -0.05) is 0 Å². The van der Waals surface area contributed by atoms with Gasteiger partial charge >= 0.3 is 0 Å². The van der Waals surface area contributed by atoms with Gasteiger partial charge in [0, 0.05) is 11.1 Å². The van der Waals surface area contributed by atoms with Gasteiger partial charge in [0.25, 0.3) is 5.91 Å². The first kappa shape index (κ1) is 13.5. The third-order valence-electron chi connectivity index (χ3n) is 3.36. The smallest absolute Gasteiger partial charge is 0.258 e. The molecule has 0 bridgehead atoms. The number of H-pyrrole nitrogens is 1. The lowest BCUT2D eigenvalue weighted by Crippen LogP contribution is -2.08. The van der Waals surface area contributed by atoms with Crippen LogP contribution in [-0.2, 0) is 0 Å². The Morgan fingerprint density at radius 3 is 2.96 bits per heavy atom. The van der Waals surface area contributed by atoms with Crippen LogP contribution in [0, 0.1) is 0 Å². The Hall–Kier alpha value is -3.20. The second kappa shape index (κ2) is 4.92. The van der Waals surface area contributed by atoms with Crippen LogP contribution in [0.15, 0.2) is 30.5 Å². The maximum Gasteiger partial charge on any atom is 0.258 e. The van der Waals surface area contributed by atoms with Crippen molar-refractivity contribution >= 4 is 55.8 Å². The highest BCUT2D eigenvalue weighted by Gasteiger charge is 2.14. The third kappa shape index (κ3) is 2.32. The number of nitrogens with zero attached hydrogens (tertiary/aromatic N) is 3. The largest absolute Gasteiger partial charge is 0.368 e. The summed E-state index contributed by atoms with van der Waals surface area (Å²) in [6, 6.07) is 7.41. The third-order valence-corrected chi connectivity index (χ3v) is 4.40. The van der Waals surface area contributed by atoms with Crippen LogP contribution in [-0.4, -0.2) is 26.1 Å². The summed E-state index contributed by atoms with van der Waals surface area (Å²) in [6.45, 7) is 0. The molecule has 0 fully saturated rings. The number of nitrogens with one attached hydrogen (secondary N) is 2. The quantitative estimate of drug-likeness (QED) is 0.455. The fraction of sp³-hybridized carbons (Fsp3) is 0. The van der Waals surface area contributed by atoms with Gasteiger partial charge in [-0.2, -0.15) is 10.1 Å². The predicted molar refractivity (Wildman–Crippen MR) is 89.7 cm³/mol. The molecule has 3 aromatic heterocycles. The molecule has 0 aliphatic heterocycles. The molecule has 0 atom stereocenters. The van der Waals surface area contributed by atoms with E-state index in [1.54, 1.807) is 12.3 Å². The van der Waals surface area contributed by atoms with Crippen LogP contribution in [0.4, 0.5) is 17.5 Å². The maximum absolute atomic E-state index is 11.4. The number of nitrogens with two attached hydrogens (primary N) is 2. The zero-order chi connectivity index (χ0) is 16.0. The highest BCUT2D eigenvalue weighted by Crippen LogP contribution is 2.31. The molecule has 0 saturated heterocycles. The second-order valence-electron chi connectivity index (χ2n) is 4.92. The van der Waals surface area contributed by atoms with Crippen molar-refractivity contribution in [1.29, 1.82) is 0 Å². The number of aromatic amines is 1. The number of primary amides is 1. The van der Waals surface area contributed by atoms with Crippen molar-refractivity contribution in [3.8, 4) is 0 Å². The molecule has 23 heavy (non-hydrogen) atoms. The highest BCUT2D eigenvalue weighted by molar-refractivity contribution is 7.20. The van der Waals surface area contributed by atoms with E-state index in [-0.39, 0.29) is 5.95 Å². The van der Waals surface area contributed by atoms with Crippen LogP contribution < -0.4 is 16.8 Å². The Balaban J connectivity index is 1.81. The molecular formula is C14H11N7OS. The number of hydrogen-bond donors (Lipinski definition) is 4. The molecule has 1 aromatic carbocycles. The minimum atomic E-state index is -0.502. The van der Waals surface area contributed by atoms with Gasteiger partial charge in [-0.3, -0.25) is 9.89 Å². The molecule has 9 heteroatoms. The average Bonchev–Trinajstić information content (AvgIpc) is 3.12. The van der Waals surface area contributed by atoms with Crippen LogP contribution in [0.1, 0.15) is 9.67 Å². The van der Waals surface area contributed by atoms with Crippen molar-refractivity contribution in [3.05, 3.63) is 35.3 Å². The Morgan fingerprint density at radius 2 is 2.13 bits per heavy atom. The average molecular weight is 325 g/mol. The van der Waals surface area contributed by atoms with Gasteiger partial charge in [0.05, 0.1) is 22.0 Å². The molecule has 0 unspecified atom stereocenters. The van der Waals surface area contributed by atoms with Crippen LogP contribution in [0.2, 0.25) is 0 Å². The summed E-state index contributed by atoms with van der Waals surface area (Å²) in [5, 5.41) is 11.8. The Bertz CT molecular complexity index is 1050. The predicted octanol–water partition coefficient (Wildman–Crippen LogP) is 1.99. The topological polar surface area (TPSA) is 136 Å². The minimum absolute atomic E-state index is 0.127. The molecule has 8 nitrogen and oxygen atoms in total. The Kier molecular flexibility index (Phi) is 2.88. The number of rotatable bonds is 3. The van der Waals surface area contributed by atoms with Gasteiger partial charge in [0.2, 0.25) is 5.95 Å². The van der Waals surface area contributed by atoms with Crippen molar-refractivity contribution < 1.29 is 4.79 Å². The maximum atomic E-state index is 11.4. The van der Waals surface area contributed by atoms with Gasteiger partial charge in [0.1, 0.15) is 10.6 Å². The summed E-state index contributed by atoms with van der Waals surface area (Å²) in [7, 11) is 0. The Morgan fingerprint density at radius 1 is 1.26 bits per heavy atom. The highest BCUT2D eigenvalue weighted by atomic mass is 32.1. The Labute approximate surface area is 133 Å². The number of anilines is 3. The fourth-order valence-electron chi connectivity index (χ4n) is 2.31. The van der Waals surface area contributed by atoms with Gasteiger partial charge < -0.3 is 16.8 Å². The zero-order valence-electron chi connectivity index (χ0n) is 11.7. The number of aromatic nitrogens is 4. The van der Waals surface area contributed by atoms with E-state index < -0.39 is 5.91 Å². The van der Waals surface area contributed by atoms with E-state index in [1.165, 1.54) is 11.3 Å². The minimum Gasteiger partial charge on any atom is -0.368 e. The van der Waals surface area contributed by atoms with Crippen LogP contribution in [0.5, 0.6) is 0 Å². The van der Waals surface area contributed by atoms with Crippen molar-refractivity contribution in [3.63, 3.8) is 0 Å². The number of carbonyl (C=O) groups is 1. The SMILES string of the molecule is NC(=O)c1cc2c(Nc3ccc4[nH]ncc4c3)nc(N)nc2s1. The normalized spacial score (nSPS) is 11.1. The van der Waals surface area contributed by atoms with E-state index in [1.807, 2.05) is 18.2 Å². The van der Waals surface area contributed by atoms with E-state index in [4.69, 9.17) is 11.5 Å². The first-order valence-electron chi connectivity index (χ1n) is 6.67. The summed E-state index contributed by atoms with van der Waals surface area (Å²) in [6.07, 6.45) is 1.74. The standard InChI is InChI=1S/C14H11N7OS/c15-11(22)10-4-8-12(19-14(16)20-13(8)23-10)18-7-1-2-9-6(3-7)5-17-21-9/h1-5H,(H2,15,22)(H,17,21)(H3,16,18,19,20). The van der Waals surface area contributed by atoms with Crippen molar-refractivity contribution in [2.45, 2.75) is 0 Å². The molecule has 114 valence electrons. The van der Waals surface area contributed by atoms with Gasteiger partial charge in [0.15, 0.2) is 0 Å². The summed E-state index contributed by atoms with van der Waals surface area (Å²) in [5.41, 5.74) is 12.8. The lowest BCUT2D eigenvalue weighted by atomic mass is 10.2. The zero-order valence-corrected chi connectivity index (χ0v) is 12.5. The lowest BCUT2D eigenvalue weighted by Gasteiger charge is -2.07. The number of nitrogen functional groups attached to an aromatic ring is 1. The van der Waals surface area contributed by atoms with E-state index >= 15 is 0 Å². The number of fused-ring (bicyclic) bond motifs is 2. The molecule has 4 aromatic rings. The van der Waals surface area contributed by atoms with Crippen molar-refractivity contribution in [1.82, 2.24) is 20.2 Å². The van der Waals surface area contributed by atoms with E-state index in [0.717, 1.165) is 16.6 Å². The molecule has 0 radical (unpaired) electrons. The molecule has 0 saturated carbocycles. The number of amides is 1. The molecule has 6 N–H and O–H groups in total. The number of carbonyl (C=O) groups excluding carboxylic acids is 1. The summed E-state index contributed by atoms with van der Waals surface area (Å²) < 4.78 is 0. The molecule has 1 amide bonds. The lowest BCUT2D eigenvalue weighted by molar-refractivity contribution is 0.100. The van der Waals surface area contributed by atoms with Crippen molar-refractivity contribution in [2.75, 3.05) is 11.1 Å². The number of thiophene rings is 1. The molecular weight excluding hydrogens is 314 g/mol. The van der Waals surface area contributed by atoms with Gasteiger partial charge in [-0.15, -0.1) is 11.3 Å². The van der Waals surface area contributed by atoms with E-state index in [9.17, 15) is 4.79 Å². The molecule has 0 aliphatic rings. The molecule has 4 rings (SSSR count). The molecule has 0 aliphatic carbocycles. The monoisotopic (exact) mass is 325 g/mol. The molecule has 3 heterocycles. The second-order valence-corrected chi connectivity index (χ2v) is 5.95. The summed E-state index contributed by atoms with van der Waals surface area (Å²) in [4.78, 5) is 20.8. The summed E-state index contributed by atoms with van der Waals surface area (Å²) >= 11 is 1.19. The fourth-order valence-corrected chi connectivity index (χ4v) is 3.20.